The van der Waals surface area contributed by atoms with E-state index in [0.717, 1.165) is 22.8 Å². The molecule has 2 rings (SSSR count). The summed E-state index contributed by atoms with van der Waals surface area (Å²) in [6.07, 6.45) is 0. The maximum absolute atomic E-state index is 13.5. The second-order valence-electron chi connectivity index (χ2n) is 5.15. The molecule has 0 saturated heterocycles. The molecule has 4 heteroatoms. The van der Waals surface area contributed by atoms with Crippen molar-refractivity contribution < 1.29 is 8.78 Å². The average molecular weight is 310 g/mol. The Morgan fingerprint density at radius 3 is 2.19 bits per heavy atom. The van der Waals surface area contributed by atoms with Crippen LogP contribution in [0.15, 0.2) is 30.3 Å². The van der Waals surface area contributed by atoms with Gasteiger partial charge >= 0.3 is 0 Å². The largest absolute Gasteiger partial charge is 0.307 e. The normalized spacial score (nSPS) is 12.5. The minimum Gasteiger partial charge on any atom is -0.307 e. The van der Waals surface area contributed by atoms with Gasteiger partial charge in [0, 0.05) is 11.1 Å². The van der Waals surface area contributed by atoms with E-state index < -0.39 is 11.6 Å². The van der Waals surface area contributed by atoms with Crippen LogP contribution >= 0.6 is 11.6 Å². The molecule has 1 nitrogen and oxygen atoms in total. The summed E-state index contributed by atoms with van der Waals surface area (Å²) in [4.78, 5) is 0. The zero-order valence-corrected chi connectivity index (χ0v) is 13.1. The fourth-order valence-corrected chi connectivity index (χ4v) is 2.69. The van der Waals surface area contributed by atoms with E-state index in [4.69, 9.17) is 11.6 Å². The van der Waals surface area contributed by atoms with Gasteiger partial charge in [-0.15, -0.1) is 0 Å². The molecule has 0 amide bonds. The highest BCUT2D eigenvalue weighted by Crippen LogP contribution is 2.30. The summed E-state index contributed by atoms with van der Waals surface area (Å²) in [5.41, 5.74) is 3.47. The van der Waals surface area contributed by atoms with Gasteiger partial charge in [0.1, 0.15) is 11.6 Å². The highest BCUT2D eigenvalue weighted by molar-refractivity contribution is 6.31. The molecule has 0 fully saturated rings. The van der Waals surface area contributed by atoms with Crippen molar-refractivity contribution in [2.24, 2.45) is 0 Å². The Bertz CT molecular complexity index is 635. The van der Waals surface area contributed by atoms with Crippen LogP contribution in [0.5, 0.6) is 0 Å². The lowest BCUT2D eigenvalue weighted by molar-refractivity contribution is 0.564. The number of nitrogens with one attached hydrogen (secondary N) is 1. The van der Waals surface area contributed by atoms with Gasteiger partial charge in [-0.3, -0.25) is 0 Å². The number of halogens is 3. The monoisotopic (exact) mass is 309 g/mol. The molecule has 1 atom stereocenters. The molecule has 0 spiro atoms. The van der Waals surface area contributed by atoms with Gasteiger partial charge in [-0.05, 0) is 60.8 Å². The third-order valence-electron chi connectivity index (χ3n) is 3.48. The van der Waals surface area contributed by atoms with Crippen molar-refractivity contribution in [1.29, 1.82) is 0 Å². The van der Waals surface area contributed by atoms with Crippen LogP contribution in [-0.4, -0.2) is 6.54 Å². The molecule has 1 unspecified atom stereocenters. The number of hydrogen-bond acceptors (Lipinski definition) is 1. The molecule has 0 heterocycles. The van der Waals surface area contributed by atoms with Crippen LogP contribution in [0.25, 0.3) is 0 Å². The van der Waals surface area contributed by atoms with Gasteiger partial charge in [0.25, 0.3) is 0 Å². The molecule has 0 radical (unpaired) electrons. The number of rotatable bonds is 4. The van der Waals surface area contributed by atoms with Gasteiger partial charge in [-0.25, -0.2) is 8.78 Å². The second-order valence-corrected chi connectivity index (χ2v) is 5.56. The molecule has 1 N–H and O–H groups in total. The molecule has 2 aromatic rings. The van der Waals surface area contributed by atoms with Crippen LogP contribution in [0.3, 0.4) is 0 Å². The SMILES string of the molecule is CCNC(c1cc(F)cc(F)c1)c1cc(C)c(Cl)cc1C. The molecular weight excluding hydrogens is 292 g/mol. The predicted octanol–water partition coefficient (Wildman–Crippen LogP) is 4.93. The third kappa shape index (κ3) is 3.60. The fourth-order valence-electron chi connectivity index (χ4n) is 2.47. The van der Waals surface area contributed by atoms with Crippen LogP contribution in [0.4, 0.5) is 8.78 Å². The minimum atomic E-state index is -0.573. The van der Waals surface area contributed by atoms with Gasteiger partial charge in [-0.1, -0.05) is 24.6 Å². The zero-order chi connectivity index (χ0) is 15.6. The highest BCUT2D eigenvalue weighted by atomic mass is 35.5. The first kappa shape index (κ1) is 15.9. The summed E-state index contributed by atoms with van der Waals surface area (Å²) < 4.78 is 27.0. The maximum Gasteiger partial charge on any atom is 0.126 e. The molecule has 0 aliphatic carbocycles. The minimum absolute atomic E-state index is 0.267. The van der Waals surface area contributed by atoms with Crippen LogP contribution in [-0.2, 0) is 0 Å². The van der Waals surface area contributed by atoms with Crippen LogP contribution < -0.4 is 5.32 Å². The Balaban J connectivity index is 2.55. The first-order valence-corrected chi connectivity index (χ1v) is 7.26. The summed E-state index contributed by atoms with van der Waals surface area (Å²) in [5, 5.41) is 3.97. The molecule has 0 bridgehead atoms. The molecular formula is C17H18ClF2N. The van der Waals surface area contributed by atoms with E-state index in [2.05, 4.69) is 5.32 Å². The van der Waals surface area contributed by atoms with Crippen molar-refractivity contribution >= 4 is 11.6 Å². The summed E-state index contributed by atoms with van der Waals surface area (Å²) >= 11 is 6.12. The van der Waals surface area contributed by atoms with Crippen molar-refractivity contribution in [1.82, 2.24) is 5.32 Å². The van der Waals surface area contributed by atoms with Gasteiger partial charge in [-0.2, -0.15) is 0 Å². The fraction of sp³-hybridized carbons (Fsp3) is 0.294. The smallest absolute Gasteiger partial charge is 0.126 e. The van der Waals surface area contributed by atoms with Crippen molar-refractivity contribution in [3.05, 3.63) is 69.2 Å². The summed E-state index contributed by atoms with van der Waals surface area (Å²) in [7, 11) is 0. The number of aryl methyl sites for hydroxylation is 2. The highest BCUT2D eigenvalue weighted by Gasteiger charge is 2.18. The average Bonchev–Trinajstić information content (AvgIpc) is 2.39. The first-order chi connectivity index (χ1) is 9.92. The summed E-state index contributed by atoms with van der Waals surface area (Å²) in [6, 6.07) is 7.18. The van der Waals surface area contributed by atoms with Gasteiger partial charge in [0.05, 0.1) is 6.04 Å². The lowest BCUT2D eigenvalue weighted by Crippen LogP contribution is -2.23. The van der Waals surface area contributed by atoms with E-state index in [9.17, 15) is 8.78 Å². The first-order valence-electron chi connectivity index (χ1n) is 6.88. The predicted molar refractivity (Wildman–Crippen MR) is 82.8 cm³/mol. The van der Waals surface area contributed by atoms with E-state index >= 15 is 0 Å². The quantitative estimate of drug-likeness (QED) is 0.844. The topological polar surface area (TPSA) is 12.0 Å². The van der Waals surface area contributed by atoms with E-state index in [1.807, 2.05) is 32.9 Å². The molecule has 0 aliphatic heterocycles. The van der Waals surface area contributed by atoms with E-state index in [0.29, 0.717) is 17.1 Å². The lowest BCUT2D eigenvalue weighted by Gasteiger charge is -2.22. The zero-order valence-electron chi connectivity index (χ0n) is 12.3. The van der Waals surface area contributed by atoms with Gasteiger partial charge in [0.15, 0.2) is 0 Å². The van der Waals surface area contributed by atoms with Crippen LogP contribution in [0.1, 0.15) is 35.2 Å². The third-order valence-corrected chi connectivity index (χ3v) is 3.89. The molecule has 2 aromatic carbocycles. The van der Waals surface area contributed by atoms with Crippen molar-refractivity contribution in [3.63, 3.8) is 0 Å². The van der Waals surface area contributed by atoms with E-state index in [-0.39, 0.29) is 6.04 Å². The molecule has 21 heavy (non-hydrogen) atoms. The lowest BCUT2D eigenvalue weighted by atomic mass is 9.93. The second kappa shape index (κ2) is 6.54. The van der Waals surface area contributed by atoms with Crippen molar-refractivity contribution in [2.45, 2.75) is 26.8 Å². The Labute approximate surface area is 128 Å². The van der Waals surface area contributed by atoms with Gasteiger partial charge in [0.2, 0.25) is 0 Å². The van der Waals surface area contributed by atoms with Crippen LogP contribution in [0, 0.1) is 25.5 Å². The van der Waals surface area contributed by atoms with Crippen molar-refractivity contribution in [3.8, 4) is 0 Å². The number of hydrogen-bond donors (Lipinski definition) is 1. The summed E-state index contributed by atoms with van der Waals surface area (Å²) in [5.74, 6) is -1.15. The van der Waals surface area contributed by atoms with Crippen molar-refractivity contribution in [2.75, 3.05) is 6.54 Å². The Morgan fingerprint density at radius 1 is 1.00 bits per heavy atom. The Kier molecular flexibility index (Phi) is 4.96. The molecule has 0 aromatic heterocycles. The Hall–Kier alpha value is -1.45. The van der Waals surface area contributed by atoms with E-state index in [1.54, 1.807) is 0 Å². The Morgan fingerprint density at radius 2 is 1.62 bits per heavy atom. The number of benzene rings is 2. The maximum atomic E-state index is 13.5. The summed E-state index contributed by atoms with van der Waals surface area (Å²) in [6.45, 7) is 6.51. The van der Waals surface area contributed by atoms with E-state index in [1.165, 1.54) is 12.1 Å². The molecule has 0 saturated carbocycles. The molecule has 112 valence electrons. The molecule has 0 aliphatic rings. The van der Waals surface area contributed by atoms with Crippen LogP contribution in [0.2, 0.25) is 5.02 Å². The standard InChI is InChI=1S/C17H18ClF2N/c1-4-21-17(12-7-13(19)9-14(20)8-12)15-5-11(3)16(18)6-10(15)2/h5-9,17,21H,4H2,1-3H3. The van der Waals surface area contributed by atoms with Gasteiger partial charge < -0.3 is 5.32 Å².